The molecule has 1 unspecified atom stereocenters. The Balaban J connectivity index is 2.17. The number of hydrogen-bond donors (Lipinski definition) is 1. The van der Waals surface area contributed by atoms with Crippen molar-refractivity contribution in [3.05, 3.63) is 70.3 Å². The lowest BCUT2D eigenvalue weighted by Gasteiger charge is -2.25. The molecule has 3 rings (SSSR count). The standard InChI is InChI=1S/C25H29NO4/c1-6-12-26-22(18-8-7-9-20(14-18)30-15(2)3)21(24(28)25(26)29)23(27)19-11-10-16(4)17(5)13-19/h7-11,13-15,22,27H,6,12H2,1-5H3/b23-21-. The molecule has 2 aromatic rings. The van der Waals surface area contributed by atoms with Crippen LogP contribution in [0, 0.1) is 13.8 Å². The summed E-state index contributed by atoms with van der Waals surface area (Å²) < 4.78 is 5.81. The third-order valence-corrected chi connectivity index (χ3v) is 5.33. The molecule has 1 N–H and O–H groups in total. The zero-order chi connectivity index (χ0) is 22.0. The van der Waals surface area contributed by atoms with E-state index in [0.717, 1.165) is 16.7 Å². The van der Waals surface area contributed by atoms with Crippen molar-refractivity contribution in [2.75, 3.05) is 6.54 Å². The molecule has 1 heterocycles. The second-order valence-corrected chi connectivity index (χ2v) is 8.03. The van der Waals surface area contributed by atoms with Crippen LogP contribution in [-0.2, 0) is 9.59 Å². The van der Waals surface area contributed by atoms with Crippen molar-refractivity contribution in [2.45, 2.75) is 53.2 Å². The number of rotatable bonds is 6. The van der Waals surface area contributed by atoms with Crippen LogP contribution in [0.4, 0.5) is 0 Å². The van der Waals surface area contributed by atoms with Gasteiger partial charge in [0.05, 0.1) is 17.7 Å². The van der Waals surface area contributed by atoms with Crippen molar-refractivity contribution in [1.29, 1.82) is 0 Å². The number of hydrogen-bond acceptors (Lipinski definition) is 4. The Labute approximate surface area is 178 Å². The summed E-state index contributed by atoms with van der Waals surface area (Å²) >= 11 is 0. The van der Waals surface area contributed by atoms with Gasteiger partial charge < -0.3 is 14.7 Å². The molecule has 1 saturated heterocycles. The molecule has 0 aromatic heterocycles. The largest absolute Gasteiger partial charge is 0.507 e. The van der Waals surface area contributed by atoms with Crippen LogP contribution in [0.3, 0.4) is 0 Å². The summed E-state index contributed by atoms with van der Waals surface area (Å²) in [7, 11) is 0. The first-order valence-electron chi connectivity index (χ1n) is 10.4. The molecule has 1 aliphatic heterocycles. The van der Waals surface area contributed by atoms with Crippen molar-refractivity contribution in [3.8, 4) is 5.75 Å². The first-order chi connectivity index (χ1) is 14.2. The smallest absolute Gasteiger partial charge is 0.295 e. The van der Waals surface area contributed by atoms with Crippen LogP contribution in [0.2, 0.25) is 0 Å². The SMILES string of the molecule is CCCN1C(=O)C(=O)/C(=C(\O)c2ccc(C)c(C)c2)C1c1cccc(OC(C)C)c1. The molecule has 1 atom stereocenters. The number of ketones is 1. The van der Waals surface area contributed by atoms with E-state index < -0.39 is 17.7 Å². The summed E-state index contributed by atoms with van der Waals surface area (Å²) in [4.78, 5) is 27.3. The van der Waals surface area contributed by atoms with E-state index in [1.807, 2.05) is 71.0 Å². The Bertz CT molecular complexity index is 1010. The highest BCUT2D eigenvalue weighted by atomic mass is 16.5. The van der Waals surface area contributed by atoms with Gasteiger partial charge in [-0.1, -0.05) is 31.2 Å². The number of Topliss-reactive ketones (excluding diaryl/α,β-unsaturated/α-hetero) is 1. The maximum Gasteiger partial charge on any atom is 0.295 e. The Morgan fingerprint density at radius 3 is 2.47 bits per heavy atom. The summed E-state index contributed by atoms with van der Waals surface area (Å²) in [5.74, 6) is -0.715. The van der Waals surface area contributed by atoms with E-state index in [9.17, 15) is 14.7 Å². The van der Waals surface area contributed by atoms with Gasteiger partial charge in [0.15, 0.2) is 0 Å². The normalized spacial score (nSPS) is 18.3. The maximum absolute atomic E-state index is 13.0. The third kappa shape index (κ3) is 4.11. The predicted octanol–water partition coefficient (Wildman–Crippen LogP) is 4.92. The van der Waals surface area contributed by atoms with Crippen molar-refractivity contribution in [3.63, 3.8) is 0 Å². The number of benzene rings is 2. The number of likely N-dealkylation sites (tertiary alicyclic amines) is 1. The molecular formula is C25H29NO4. The summed E-state index contributed by atoms with van der Waals surface area (Å²) in [6.45, 7) is 10.2. The number of nitrogens with zero attached hydrogens (tertiary/aromatic N) is 1. The quantitative estimate of drug-likeness (QED) is 0.419. The lowest BCUT2D eigenvalue weighted by molar-refractivity contribution is -0.139. The van der Waals surface area contributed by atoms with Crippen LogP contribution in [0.1, 0.15) is 55.5 Å². The zero-order valence-electron chi connectivity index (χ0n) is 18.2. The predicted molar refractivity (Wildman–Crippen MR) is 117 cm³/mol. The van der Waals surface area contributed by atoms with Crippen LogP contribution >= 0.6 is 0 Å². The molecule has 158 valence electrons. The molecule has 1 fully saturated rings. The molecular weight excluding hydrogens is 378 g/mol. The molecule has 30 heavy (non-hydrogen) atoms. The number of aliphatic hydroxyl groups is 1. The number of aryl methyl sites for hydroxylation is 2. The second-order valence-electron chi connectivity index (χ2n) is 8.03. The Morgan fingerprint density at radius 1 is 1.10 bits per heavy atom. The third-order valence-electron chi connectivity index (χ3n) is 5.33. The van der Waals surface area contributed by atoms with E-state index in [1.165, 1.54) is 0 Å². The molecule has 0 aliphatic carbocycles. The van der Waals surface area contributed by atoms with Gasteiger partial charge in [-0.15, -0.1) is 0 Å². The monoisotopic (exact) mass is 407 g/mol. The van der Waals surface area contributed by atoms with Gasteiger partial charge in [0, 0.05) is 12.1 Å². The Kier molecular flexibility index (Phi) is 6.30. The summed E-state index contributed by atoms with van der Waals surface area (Å²) in [5.41, 5.74) is 3.50. The van der Waals surface area contributed by atoms with Gasteiger partial charge >= 0.3 is 0 Å². The van der Waals surface area contributed by atoms with Gasteiger partial charge in [-0.2, -0.15) is 0 Å². The molecule has 0 saturated carbocycles. The highest BCUT2D eigenvalue weighted by molar-refractivity contribution is 6.46. The van der Waals surface area contributed by atoms with Gasteiger partial charge in [-0.25, -0.2) is 0 Å². The fourth-order valence-electron chi connectivity index (χ4n) is 3.77. The van der Waals surface area contributed by atoms with Gasteiger partial charge in [-0.05, 0) is 69.0 Å². The summed E-state index contributed by atoms with van der Waals surface area (Å²) in [6.07, 6.45) is 0.702. The first kappa shape index (κ1) is 21.6. The lowest BCUT2D eigenvalue weighted by Crippen LogP contribution is -2.30. The average molecular weight is 408 g/mol. The fraction of sp³-hybridized carbons (Fsp3) is 0.360. The lowest BCUT2D eigenvalue weighted by atomic mass is 9.94. The minimum atomic E-state index is -0.653. The minimum Gasteiger partial charge on any atom is -0.507 e. The van der Waals surface area contributed by atoms with Crippen LogP contribution < -0.4 is 4.74 Å². The topological polar surface area (TPSA) is 66.8 Å². The highest BCUT2D eigenvalue weighted by Gasteiger charge is 2.45. The van der Waals surface area contributed by atoms with E-state index in [2.05, 4.69) is 0 Å². The number of carbonyl (C=O) groups is 2. The van der Waals surface area contributed by atoms with Crippen molar-refractivity contribution in [1.82, 2.24) is 4.90 Å². The number of carbonyl (C=O) groups excluding carboxylic acids is 2. The van der Waals surface area contributed by atoms with Crippen molar-refractivity contribution < 1.29 is 19.4 Å². The molecule has 5 nitrogen and oxygen atoms in total. The van der Waals surface area contributed by atoms with E-state index >= 15 is 0 Å². The number of amides is 1. The number of ether oxygens (including phenoxy) is 1. The van der Waals surface area contributed by atoms with E-state index in [4.69, 9.17) is 4.74 Å². The zero-order valence-corrected chi connectivity index (χ0v) is 18.2. The molecule has 0 radical (unpaired) electrons. The summed E-state index contributed by atoms with van der Waals surface area (Å²) in [5, 5.41) is 11.1. The Morgan fingerprint density at radius 2 is 1.83 bits per heavy atom. The van der Waals surface area contributed by atoms with Gasteiger partial charge in [0.2, 0.25) is 0 Å². The van der Waals surface area contributed by atoms with Crippen LogP contribution in [-0.4, -0.2) is 34.3 Å². The van der Waals surface area contributed by atoms with Gasteiger partial charge in [0.1, 0.15) is 11.5 Å². The molecule has 0 spiro atoms. The first-order valence-corrected chi connectivity index (χ1v) is 10.4. The molecule has 2 aromatic carbocycles. The van der Waals surface area contributed by atoms with Crippen LogP contribution in [0.25, 0.3) is 5.76 Å². The molecule has 1 amide bonds. The second kappa shape index (κ2) is 8.74. The highest BCUT2D eigenvalue weighted by Crippen LogP contribution is 2.40. The van der Waals surface area contributed by atoms with Gasteiger partial charge in [-0.3, -0.25) is 9.59 Å². The fourth-order valence-corrected chi connectivity index (χ4v) is 3.77. The summed E-state index contributed by atoms with van der Waals surface area (Å²) in [6, 6.07) is 12.3. The molecule has 1 aliphatic rings. The van der Waals surface area contributed by atoms with Crippen LogP contribution in [0.15, 0.2) is 48.0 Å². The average Bonchev–Trinajstić information content (AvgIpc) is 2.94. The Hall–Kier alpha value is -3.08. The minimum absolute atomic E-state index is 0.00205. The van der Waals surface area contributed by atoms with Crippen molar-refractivity contribution in [2.24, 2.45) is 0 Å². The van der Waals surface area contributed by atoms with E-state index in [0.29, 0.717) is 24.3 Å². The van der Waals surface area contributed by atoms with Gasteiger partial charge in [0.25, 0.3) is 11.7 Å². The molecule has 5 heteroatoms. The molecule has 0 bridgehead atoms. The number of aliphatic hydroxyl groups excluding tert-OH is 1. The van der Waals surface area contributed by atoms with Crippen LogP contribution in [0.5, 0.6) is 5.75 Å². The van der Waals surface area contributed by atoms with E-state index in [-0.39, 0.29) is 17.4 Å². The van der Waals surface area contributed by atoms with E-state index in [1.54, 1.807) is 11.0 Å². The van der Waals surface area contributed by atoms with Crippen molar-refractivity contribution >= 4 is 17.4 Å². The maximum atomic E-state index is 13.0.